The van der Waals surface area contributed by atoms with Crippen molar-refractivity contribution in [3.8, 4) is 0 Å². The summed E-state index contributed by atoms with van der Waals surface area (Å²) in [6.07, 6.45) is 0. The number of rotatable bonds is 3. The van der Waals surface area contributed by atoms with Crippen molar-refractivity contribution < 1.29 is 13.6 Å². The van der Waals surface area contributed by atoms with Crippen molar-refractivity contribution in [3.05, 3.63) is 68.1 Å². The third-order valence-electron chi connectivity index (χ3n) is 2.64. The highest BCUT2D eigenvalue weighted by Crippen LogP contribution is 2.21. The fraction of sp³-hybridized carbons (Fsp3) is 0.0714. The zero-order valence-electron chi connectivity index (χ0n) is 10.1. The molecule has 0 bridgehead atoms. The van der Waals surface area contributed by atoms with Gasteiger partial charge in [0.15, 0.2) is 0 Å². The van der Waals surface area contributed by atoms with Crippen LogP contribution in [0.25, 0.3) is 0 Å². The van der Waals surface area contributed by atoms with Gasteiger partial charge >= 0.3 is 0 Å². The van der Waals surface area contributed by atoms with Gasteiger partial charge in [0.1, 0.15) is 11.6 Å². The smallest absolute Gasteiger partial charge is 0.252 e. The summed E-state index contributed by atoms with van der Waals surface area (Å²) in [5.74, 6) is -1.33. The van der Waals surface area contributed by atoms with Crippen molar-refractivity contribution in [1.82, 2.24) is 5.32 Å². The Balaban J connectivity index is 2.13. The fourth-order valence-corrected chi connectivity index (χ4v) is 2.46. The van der Waals surface area contributed by atoms with Crippen LogP contribution in [-0.4, -0.2) is 5.91 Å². The van der Waals surface area contributed by atoms with Gasteiger partial charge in [0.05, 0.1) is 10.0 Å². The molecule has 2 aromatic carbocycles. The van der Waals surface area contributed by atoms with Gasteiger partial charge in [-0.1, -0.05) is 22.0 Å². The van der Waals surface area contributed by atoms with Crippen molar-refractivity contribution >= 4 is 37.8 Å². The van der Waals surface area contributed by atoms with Crippen LogP contribution >= 0.6 is 31.9 Å². The molecule has 0 aromatic heterocycles. The Morgan fingerprint density at radius 3 is 2.65 bits per heavy atom. The zero-order valence-corrected chi connectivity index (χ0v) is 13.3. The molecule has 0 radical (unpaired) electrons. The third-order valence-corrected chi connectivity index (χ3v) is 4.22. The molecule has 0 saturated heterocycles. The first-order chi connectivity index (χ1) is 9.49. The molecule has 2 nitrogen and oxygen atoms in total. The molecule has 0 aliphatic heterocycles. The summed E-state index contributed by atoms with van der Waals surface area (Å²) >= 11 is 6.30. The predicted octanol–water partition coefficient (Wildman–Crippen LogP) is 4.42. The summed E-state index contributed by atoms with van der Waals surface area (Å²) in [5.41, 5.74) is 0.795. The first-order valence-electron chi connectivity index (χ1n) is 5.65. The van der Waals surface area contributed by atoms with Crippen LogP contribution in [0.5, 0.6) is 0 Å². The standard InChI is InChI=1S/C14H9Br2F2NO/c15-11-5-4-9(17)6-8(11)7-19-14(20)10-2-1-3-12(18)13(10)16/h1-6H,7H2,(H,19,20). The van der Waals surface area contributed by atoms with E-state index in [0.717, 1.165) is 0 Å². The van der Waals surface area contributed by atoms with E-state index in [1.807, 2.05) is 0 Å². The van der Waals surface area contributed by atoms with Gasteiger partial charge in [-0.15, -0.1) is 0 Å². The lowest BCUT2D eigenvalue weighted by atomic mass is 10.2. The SMILES string of the molecule is O=C(NCc1cc(F)ccc1Br)c1cccc(F)c1Br. The van der Waals surface area contributed by atoms with Crippen molar-refractivity contribution in [2.75, 3.05) is 0 Å². The minimum Gasteiger partial charge on any atom is -0.348 e. The second kappa shape index (κ2) is 6.45. The van der Waals surface area contributed by atoms with E-state index in [4.69, 9.17) is 0 Å². The molecule has 6 heteroatoms. The van der Waals surface area contributed by atoms with Gasteiger partial charge in [-0.3, -0.25) is 4.79 Å². The lowest BCUT2D eigenvalue weighted by Crippen LogP contribution is -2.23. The second-order valence-electron chi connectivity index (χ2n) is 4.02. The molecule has 20 heavy (non-hydrogen) atoms. The zero-order chi connectivity index (χ0) is 14.7. The Hall–Kier alpha value is -1.27. The summed E-state index contributed by atoms with van der Waals surface area (Å²) in [5, 5.41) is 2.62. The minimum absolute atomic E-state index is 0.107. The average molecular weight is 405 g/mol. The highest BCUT2D eigenvalue weighted by atomic mass is 79.9. The van der Waals surface area contributed by atoms with Gasteiger partial charge in [-0.2, -0.15) is 0 Å². The Bertz CT molecular complexity index is 662. The number of hydrogen-bond acceptors (Lipinski definition) is 1. The normalized spacial score (nSPS) is 10.4. The molecule has 0 saturated carbocycles. The van der Waals surface area contributed by atoms with Crippen LogP contribution in [0.1, 0.15) is 15.9 Å². The molecule has 0 aliphatic carbocycles. The van der Waals surface area contributed by atoms with E-state index in [2.05, 4.69) is 37.2 Å². The molecule has 2 rings (SSSR count). The monoisotopic (exact) mass is 403 g/mol. The van der Waals surface area contributed by atoms with Gasteiger partial charge in [-0.05, 0) is 51.8 Å². The fourth-order valence-electron chi connectivity index (χ4n) is 1.63. The molecule has 1 N–H and O–H groups in total. The summed E-state index contributed by atoms with van der Waals surface area (Å²) in [6.45, 7) is 0.139. The van der Waals surface area contributed by atoms with E-state index in [0.29, 0.717) is 10.0 Å². The first kappa shape index (κ1) is 15.1. The molecule has 2 aromatic rings. The largest absolute Gasteiger partial charge is 0.348 e. The maximum atomic E-state index is 13.3. The molecule has 0 aliphatic rings. The molecule has 0 fully saturated rings. The van der Waals surface area contributed by atoms with E-state index < -0.39 is 11.7 Å². The van der Waals surface area contributed by atoms with E-state index in [1.54, 1.807) is 6.07 Å². The molecule has 0 unspecified atom stereocenters. The molecule has 0 spiro atoms. The highest BCUT2D eigenvalue weighted by molar-refractivity contribution is 9.10. The van der Waals surface area contributed by atoms with Gasteiger partial charge in [0.2, 0.25) is 0 Å². The Morgan fingerprint density at radius 2 is 1.90 bits per heavy atom. The Kier molecular flexibility index (Phi) is 4.88. The molecule has 1 amide bonds. The van der Waals surface area contributed by atoms with Crippen LogP contribution in [0.15, 0.2) is 45.3 Å². The topological polar surface area (TPSA) is 29.1 Å². The van der Waals surface area contributed by atoms with Crippen LogP contribution < -0.4 is 5.32 Å². The number of halogens is 4. The third kappa shape index (κ3) is 3.43. The number of nitrogens with one attached hydrogen (secondary N) is 1. The number of carbonyl (C=O) groups is 1. The Labute approximate surface area is 131 Å². The maximum absolute atomic E-state index is 13.3. The van der Waals surface area contributed by atoms with E-state index in [1.165, 1.54) is 30.3 Å². The lowest BCUT2D eigenvalue weighted by Gasteiger charge is -2.09. The van der Waals surface area contributed by atoms with Gasteiger partial charge in [0.25, 0.3) is 5.91 Å². The van der Waals surface area contributed by atoms with Crippen molar-refractivity contribution in [1.29, 1.82) is 0 Å². The first-order valence-corrected chi connectivity index (χ1v) is 7.24. The maximum Gasteiger partial charge on any atom is 0.252 e. The van der Waals surface area contributed by atoms with Crippen LogP contribution in [0.3, 0.4) is 0 Å². The van der Waals surface area contributed by atoms with Gasteiger partial charge in [0, 0.05) is 11.0 Å². The second-order valence-corrected chi connectivity index (χ2v) is 5.67. The summed E-state index contributed by atoms with van der Waals surface area (Å²) in [6, 6.07) is 8.42. The highest BCUT2D eigenvalue weighted by Gasteiger charge is 2.13. The van der Waals surface area contributed by atoms with Crippen molar-refractivity contribution in [3.63, 3.8) is 0 Å². The van der Waals surface area contributed by atoms with Gasteiger partial charge < -0.3 is 5.32 Å². The van der Waals surface area contributed by atoms with E-state index in [-0.39, 0.29) is 22.4 Å². The van der Waals surface area contributed by atoms with Crippen LogP contribution in [0, 0.1) is 11.6 Å². The summed E-state index contributed by atoms with van der Waals surface area (Å²) < 4.78 is 27.3. The van der Waals surface area contributed by atoms with Crippen molar-refractivity contribution in [2.24, 2.45) is 0 Å². The quantitative estimate of drug-likeness (QED) is 0.805. The molecular weight excluding hydrogens is 396 g/mol. The number of carbonyl (C=O) groups excluding carboxylic acids is 1. The molecule has 104 valence electrons. The van der Waals surface area contributed by atoms with Crippen LogP contribution in [0.2, 0.25) is 0 Å². The number of amides is 1. The summed E-state index contributed by atoms with van der Waals surface area (Å²) in [4.78, 5) is 12.0. The van der Waals surface area contributed by atoms with Gasteiger partial charge in [-0.25, -0.2) is 8.78 Å². The van der Waals surface area contributed by atoms with Crippen molar-refractivity contribution in [2.45, 2.75) is 6.54 Å². The molecule has 0 heterocycles. The molecular formula is C14H9Br2F2NO. The lowest BCUT2D eigenvalue weighted by molar-refractivity contribution is 0.0949. The van der Waals surface area contributed by atoms with Crippen LogP contribution in [0.4, 0.5) is 8.78 Å². The van der Waals surface area contributed by atoms with E-state index >= 15 is 0 Å². The Morgan fingerprint density at radius 1 is 1.15 bits per heavy atom. The summed E-state index contributed by atoms with van der Waals surface area (Å²) in [7, 11) is 0. The molecule has 0 atom stereocenters. The van der Waals surface area contributed by atoms with E-state index in [9.17, 15) is 13.6 Å². The minimum atomic E-state index is -0.510. The average Bonchev–Trinajstić information content (AvgIpc) is 2.42. The number of hydrogen-bond donors (Lipinski definition) is 1. The number of benzene rings is 2. The van der Waals surface area contributed by atoms with Crippen LogP contribution in [-0.2, 0) is 6.54 Å². The predicted molar refractivity (Wildman–Crippen MR) is 79.4 cm³/mol.